The number of hydrogen-bond acceptors (Lipinski definition) is 4. The van der Waals surface area contributed by atoms with E-state index in [4.69, 9.17) is 0 Å². The van der Waals surface area contributed by atoms with Gasteiger partial charge >= 0.3 is 0 Å². The first kappa shape index (κ1) is 16.5. The Labute approximate surface area is 135 Å². The summed E-state index contributed by atoms with van der Waals surface area (Å²) in [6.45, 7) is 7.51. The van der Waals surface area contributed by atoms with Crippen molar-refractivity contribution in [3.8, 4) is 11.4 Å². The number of carbonyl (C=O) groups is 1. The van der Waals surface area contributed by atoms with E-state index < -0.39 is 0 Å². The lowest BCUT2D eigenvalue weighted by atomic mass is 10.1. The summed E-state index contributed by atoms with van der Waals surface area (Å²) in [5, 5.41) is 9.21. The molecule has 1 amide bonds. The first-order valence-electron chi connectivity index (χ1n) is 7.43. The summed E-state index contributed by atoms with van der Waals surface area (Å²) in [7, 11) is 1.93. The van der Waals surface area contributed by atoms with Gasteiger partial charge in [0.1, 0.15) is 0 Å². The summed E-state index contributed by atoms with van der Waals surface area (Å²) in [5.41, 5.74) is 2.24. The standard InChI is InChI=1S/C16H22N4OS/c1-5-20(6-2)14(21)11-22-16-18-17-15(19(16)4)13-9-7-12(3)8-10-13/h7-10H,5-6,11H2,1-4H3. The van der Waals surface area contributed by atoms with Crippen molar-refractivity contribution in [3.05, 3.63) is 29.8 Å². The molecule has 2 aromatic rings. The fourth-order valence-electron chi connectivity index (χ4n) is 2.19. The molecule has 0 aliphatic rings. The minimum atomic E-state index is 0.134. The Bertz CT molecular complexity index is 632. The number of benzene rings is 1. The van der Waals surface area contributed by atoms with Crippen molar-refractivity contribution in [3.63, 3.8) is 0 Å². The Hall–Kier alpha value is -1.82. The Kier molecular flexibility index (Phi) is 5.60. The van der Waals surface area contributed by atoms with E-state index >= 15 is 0 Å². The third-order valence-corrected chi connectivity index (χ3v) is 4.59. The molecule has 0 radical (unpaired) electrons. The zero-order valence-corrected chi connectivity index (χ0v) is 14.4. The van der Waals surface area contributed by atoms with Crippen molar-refractivity contribution in [2.24, 2.45) is 7.05 Å². The number of rotatable bonds is 6. The third-order valence-electron chi connectivity index (χ3n) is 3.59. The maximum atomic E-state index is 12.1. The number of thioether (sulfide) groups is 1. The smallest absolute Gasteiger partial charge is 0.233 e. The molecule has 5 nitrogen and oxygen atoms in total. The number of amides is 1. The molecule has 0 saturated carbocycles. The van der Waals surface area contributed by atoms with Crippen LogP contribution in [0.3, 0.4) is 0 Å². The Balaban J connectivity index is 2.08. The SMILES string of the molecule is CCN(CC)C(=O)CSc1nnc(-c2ccc(C)cc2)n1C. The van der Waals surface area contributed by atoms with Crippen LogP contribution in [0.25, 0.3) is 11.4 Å². The number of hydrogen-bond donors (Lipinski definition) is 0. The second-order valence-electron chi connectivity index (χ2n) is 5.09. The lowest BCUT2D eigenvalue weighted by Crippen LogP contribution is -2.31. The van der Waals surface area contributed by atoms with Crippen LogP contribution in [0.4, 0.5) is 0 Å². The molecule has 22 heavy (non-hydrogen) atoms. The van der Waals surface area contributed by atoms with Crippen molar-refractivity contribution in [1.82, 2.24) is 19.7 Å². The van der Waals surface area contributed by atoms with Gasteiger partial charge in [-0.2, -0.15) is 0 Å². The van der Waals surface area contributed by atoms with Crippen molar-refractivity contribution >= 4 is 17.7 Å². The number of nitrogens with zero attached hydrogens (tertiary/aromatic N) is 4. The normalized spacial score (nSPS) is 10.7. The summed E-state index contributed by atoms with van der Waals surface area (Å²) in [5.74, 6) is 1.34. The fraction of sp³-hybridized carbons (Fsp3) is 0.438. The van der Waals surface area contributed by atoms with Gasteiger partial charge in [-0.3, -0.25) is 4.79 Å². The van der Waals surface area contributed by atoms with Crippen LogP contribution in [0.5, 0.6) is 0 Å². The van der Waals surface area contributed by atoms with Gasteiger partial charge in [-0.15, -0.1) is 10.2 Å². The van der Waals surface area contributed by atoms with Gasteiger partial charge in [-0.05, 0) is 20.8 Å². The lowest BCUT2D eigenvalue weighted by Gasteiger charge is -2.17. The van der Waals surface area contributed by atoms with Crippen LogP contribution in [0, 0.1) is 6.92 Å². The predicted molar refractivity (Wildman–Crippen MR) is 89.8 cm³/mol. The summed E-state index contributed by atoms with van der Waals surface area (Å²) in [6, 6.07) is 8.19. The van der Waals surface area contributed by atoms with Gasteiger partial charge in [-0.25, -0.2) is 0 Å². The molecule has 6 heteroatoms. The molecule has 118 valence electrons. The Morgan fingerprint density at radius 2 is 1.82 bits per heavy atom. The van der Waals surface area contributed by atoms with Crippen LogP contribution in [0.2, 0.25) is 0 Å². The fourth-order valence-corrected chi connectivity index (χ4v) is 3.00. The van der Waals surface area contributed by atoms with Gasteiger partial charge < -0.3 is 9.47 Å². The number of carbonyl (C=O) groups excluding carboxylic acids is 1. The third kappa shape index (κ3) is 3.68. The van der Waals surface area contributed by atoms with Crippen LogP contribution in [-0.2, 0) is 11.8 Å². The van der Waals surface area contributed by atoms with Gasteiger partial charge in [0.15, 0.2) is 11.0 Å². The van der Waals surface area contributed by atoms with Gasteiger partial charge in [0.25, 0.3) is 0 Å². The highest BCUT2D eigenvalue weighted by molar-refractivity contribution is 7.99. The number of aromatic nitrogens is 3. The quantitative estimate of drug-likeness (QED) is 0.769. The zero-order chi connectivity index (χ0) is 16.1. The largest absolute Gasteiger partial charge is 0.343 e. The van der Waals surface area contributed by atoms with Gasteiger partial charge in [-0.1, -0.05) is 41.6 Å². The minimum Gasteiger partial charge on any atom is -0.343 e. The molecular formula is C16H22N4OS. The molecule has 0 atom stereocenters. The molecule has 0 spiro atoms. The molecule has 0 fully saturated rings. The lowest BCUT2D eigenvalue weighted by molar-refractivity contribution is -0.127. The van der Waals surface area contributed by atoms with Gasteiger partial charge in [0, 0.05) is 25.7 Å². The Morgan fingerprint density at radius 1 is 1.18 bits per heavy atom. The molecule has 1 aromatic heterocycles. The molecule has 1 heterocycles. The topological polar surface area (TPSA) is 51.0 Å². The predicted octanol–water partition coefficient (Wildman–Crippen LogP) is 2.75. The highest BCUT2D eigenvalue weighted by atomic mass is 32.2. The zero-order valence-electron chi connectivity index (χ0n) is 13.5. The summed E-state index contributed by atoms with van der Waals surface area (Å²) in [6.07, 6.45) is 0. The van der Waals surface area contributed by atoms with Crippen LogP contribution in [0.1, 0.15) is 19.4 Å². The Morgan fingerprint density at radius 3 is 2.41 bits per heavy atom. The minimum absolute atomic E-state index is 0.134. The first-order chi connectivity index (χ1) is 10.6. The molecular weight excluding hydrogens is 296 g/mol. The van der Waals surface area contributed by atoms with Crippen molar-refractivity contribution in [1.29, 1.82) is 0 Å². The molecule has 0 N–H and O–H groups in total. The monoisotopic (exact) mass is 318 g/mol. The van der Waals surface area contributed by atoms with Crippen LogP contribution in [0.15, 0.2) is 29.4 Å². The summed E-state index contributed by atoms with van der Waals surface area (Å²) < 4.78 is 1.94. The maximum Gasteiger partial charge on any atom is 0.233 e. The van der Waals surface area contributed by atoms with E-state index in [1.54, 1.807) is 0 Å². The molecule has 0 saturated heterocycles. The molecule has 1 aromatic carbocycles. The average Bonchev–Trinajstić information content (AvgIpc) is 2.88. The van der Waals surface area contributed by atoms with Crippen molar-refractivity contribution in [2.45, 2.75) is 25.9 Å². The average molecular weight is 318 g/mol. The van der Waals surface area contributed by atoms with Gasteiger partial charge in [0.2, 0.25) is 5.91 Å². The van der Waals surface area contributed by atoms with E-state index in [0.29, 0.717) is 5.75 Å². The van der Waals surface area contributed by atoms with E-state index in [9.17, 15) is 4.79 Å². The van der Waals surface area contributed by atoms with E-state index in [0.717, 1.165) is 29.6 Å². The van der Waals surface area contributed by atoms with E-state index in [-0.39, 0.29) is 5.91 Å². The summed E-state index contributed by atoms with van der Waals surface area (Å²) in [4.78, 5) is 13.9. The van der Waals surface area contributed by atoms with Crippen molar-refractivity contribution in [2.75, 3.05) is 18.8 Å². The molecule has 0 aliphatic carbocycles. The van der Waals surface area contributed by atoms with Crippen LogP contribution >= 0.6 is 11.8 Å². The molecule has 2 rings (SSSR count). The molecule has 0 aliphatic heterocycles. The highest BCUT2D eigenvalue weighted by Crippen LogP contribution is 2.23. The van der Waals surface area contributed by atoms with E-state index in [2.05, 4.69) is 29.3 Å². The highest BCUT2D eigenvalue weighted by Gasteiger charge is 2.15. The first-order valence-corrected chi connectivity index (χ1v) is 8.42. The van der Waals surface area contributed by atoms with Gasteiger partial charge in [0.05, 0.1) is 5.75 Å². The number of aryl methyl sites for hydroxylation is 1. The van der Waals surface area contributed by atoms with Crippen LogP contribution in [-0.4, -0.2) is 44.4 Å². The molecule has 0 unspecified atom stereocenters. The summed E-state index contributed by atoms with van der Waals surface area (Å²) >= 11 is 1.43. The second kappa shape index (κ2) is 7.45. The van der Waals surface area contributed by atoms with E-state index in [1.165, 1.54) is 17.3 Å². The van der Waals surface area contributed by atoms with Crippen molar-refractivity contribution < 1.29 is 4.79 Å². The second-order valence-corrected chi connectivity index (χ2v) is 6.03. The maximum absolute atomic E-state index is 12.1. The van der Waals surface area contributed by atoms with E-state index in [1.807, 2.05) is 42.5 Å². The van der Waals surface area contributed by atoms with Crippen LogP contribution < -0.4 is 0 Å². The molecule has 0 bridgehead atoms.